The van der Waals surface area contributed by atoms with Gasteiger partial charge in [-0.15, -0.1) is 0 Å². The normalized spacial score (nSPS) is 15.3. The molecule has 0 atom stereocenters. The lowest BCUT2D eigenvalue weighted by Gasteiger charge is -2.15. The van der Waals surface area contributed by atoms with Gasteiger partial charge < -0.3 is 0 Å². The molecule has 0 saturated carbocycles. The number of rotatable bonds is 2. The standard InChI is InChI=1S/C26H17Br/c27-26-23-15-6-4-13-21(23)25(22-14-5-7-16-24(22)26)20-12-8-11-19(17-20)18-9-2-1-3-10-18/h1-17H/i4D,5D,6D,7D,13D,14D,15D,16D. The van der Waals surface area contributed by atoms with Gasteiger partial charge in [-0.1, -0.05) is 96.9 Å². The highest BCUT2D eigenvalue weighted by atomic mass is 79.9. The summed E-state index contributed by atoms with van der Waals surface area (Å²) in [7, 11) is 0. The molecule has 5 aromatic carbocycles. The molecule has 0 nitrogen and oxygen atoms in total. The number of benzene rings is 5. The van der Waals surface area contributed by atoms with Crippen molar-refractivity contribution in [2.45, 2.75) is 0 Å². The van der Waals surface area contributed by atoms with Crippen LogP contribution in [0.5, 0.6) is 0 Å². The molecule has 128 valence electrons. The fourth-order valence-electron chi connectivity index (χ4n) is 3.35. The van der Waals surface area contributed by atoms with Crippen LogP contribution in [0.1, 0.15) is 11.0 Å². The second-order valence-corrected chi connectivity index (χ2v) is 6.93. The average molecular weight is 417 g/mol. The summed E-state index contributed by atoms with van der Waals surface area (Å²) in [6, 6.07) is 14.3. The lowest BCUT2D eigenvalue weighted by atomic mass is 9.90. The van der Waals surface area contributed by atoms with Gasteiger partial charge in [0.25, 0.3) is 0 Å². The molecule has 5 aromatic rings. The molecule has 0 unspecified atom stereocenters. The smallest absolute Gasteiger partial charge is 0.0622 e. The van der Waals surface area contributed by atoms with E-state index in [2.05, 4.69) is 15.9 Å². The molecule has 0 aromatic heterocycles. The number of fused-ring (bicyclic) bond motifs is 2. The Morgan fingerprint density at radius 1 is 0.556 bits per heavy atom. The molecule has 0 aliphatic rings. The zero-order chi connectivity index (χ0) is 25.2. The highest BCUT2D eigenvalue weighted by Gasteiger charge is 2.13. The van der Waals surface area contributed by atoms with Crippen molar-refractivity contribution in [2.24, 2.45) is 0 Å². The lowest BCUT2D eigenvalue weighted by Crippen LogP contribution is -1.88. The highest BCUT2D eigenvalue weighted by Crippen LogP contribution is 2.42. The SMILES string of the molecule is [2H]c1c([2H])c([2H])c2c(-c3cccc(-c4ccccc4)c3)c3c([2H])c([2H])c([2H])c([2H])c3c(Br)c2c1[2H]. The first-order valence-electron chi connectivity index (χ1n) is 12.4. The Balaban J connectivity index is 2.08. The fraction of sp³-hybridized carbons (Fsp3) is 0. The van der Waals surface area contributed by atoms with Gasteiger partial charge in [0.05, 0.1) is 11.0 Å². The average Bonchev–Trinajstić information content (AvgIpc) is 2.88. The Kier molecular flexibility index (Phi) is 2.44. The third-order valence-electron chi connectivity index (χ3n) is 4.57. The summed E-state index contributed by atoms with van der Waals surface area (Å²) in [5, 5.41) is 0.749. The second kappa shape index (κ2) is 6.68. The fourth-order valence-corrected chi connectivity index (χ4v) is 3.95. The van der Waals surface area contributed by atoms with Gasteiger partial charge >= 0.3 is 0 Å². The summed E-state index contributed by atoms with van der Waals surface area (Å²) >= 11 is 3.43. The molecule has 0 amide bonds. The van der Waals surface area contributed by atoms with E-state index in [0.717, 1.165) is 11.1 Å². The first-order chi connectivity index (χ1) is 16.6. The van der Waals surface area contributed by atoms with Crippen LogP contribution in [0.2, 0.25) is 0 Å². The molecular weight excluding hydrogens is 392 g/mol. The van der Waals surface area contributed by atoms with E-state index in [9.17, 15) is 0 Å². The van der Waals surface area contributed by atoms with Gasteiger partial charge in [-0.05, 0) is 65.8 Å². The molecule has 27 heavy (non-hydrogen) atoms. The molecule has 0 radical (unpaired) electrons. The zero-order valence-electron chi connectivity index (χ0n) is 22.1. The van der Waals surface area contributed by atoms with Crippen molar-refractivity contribution >= 4 is 37.5 Å². The molecule has 0 aliphatic carbocycles. The molecule has 0 heterocycles. The summed E-state index contributed by atoms with van der Waals surface area (Å²) in [6.45, 7) is 0. The first-order valence-corrected chi connectivity index (χ1v) is 9.21. The number of halogens is 1. The predicted molar refractivity (Wildman–Crippen MR) is 120 cm³/mol. The molecule has 5 rings (SSSR count). The van der Waals surface area contributed by atoms with Crippen LogP contribution >= 0.6 is 15.9 Å². The van der Waals surface area contributed by atoms with E-state index in [4.69, 9.17) is 11.0 Å². The molecule has 1 heteroatoms. The summed E-state index contributed by atoms with van der Waals surface area (Å²) < 4.78 is 67.8. The minimum atomic E-state index is -0.410. The first kappa shape index (κ1) is 9.87. The quantitative estimate of drug-likeness (QED) is 0.255. The van der Waals surface area contributed by atoms with Crippen LogP contribution in [0, 0.1) is 0 Å². The summed E-state index contributed by atoms with van der Waals surface area (Å²) in [5.41, 5.74) is 2.75. The summed E-state index contributed by atoms with van der Waals surface area (Å²) in [4.78, 5) is 0. The Hall–Kier alpha value is -2.90. The molecule has 0 aliphatic heterocycles. The van der Waals surface area contributed by atoms with E-state index in [1.807, 2.05) is 48.5 Å². The topological polar surface area (TPSA) is 0 Å². The van der Waals surface area contributed by atoms with E-state index < -0.39 is 24.2 Å². The second-order valence-electron chi connectivity index (χ2n) is 6.14. The van der Waals surface area contributed by atoms with Crippen molar-refractivity contribution in [1.82, 2.24) is 0 Å². The van der Waals surface area contributed by atoms with Gasteiger partial charge in [0, 0.05) is 4.47 Å². The van der Waals surface area contributed by atoms with E-state index in [-0.39, 0.29) is 50.2 Å². The van der Waals surface area contributed by atoms with Crippen LogP contribution in [0.4, 0.5) is 0 Å². The van der Waals surface area contributed by atoms with Crippen molar-refractivity contribution in [1.29, 1.82) is 0 Å². The maximum atomic E-state index is 8.72. The van der Waals surface area contributed by atoms with Gasteiger partial charge in [0.2, 0.25) is 0 Å². The van der Waals surface area contributed by atoms with Gasteiger partial charge in [-0.3, -0.25) is 0 Å². The molecular formula is C26H17Br. The monoisotopic (exact) mass is 416 g/mol. The van der Waals surface area contributed by atoms with E-state index in [0.29, 0.717) is 11.1 Å². The molecule has 0 bridgehead atoms. The number of hydrogen-bond acceptors (Lipinski definition) is 0. The van der Waals surface area contributed by atoms with Crippen LogP contribution in [0.15, 0.2) is 107 Å². The van der Waals surface area contributed by atoms with Crippen LogP contribution in [0.25, 0.3) is 43.8 Å². The van der Waals surface area contributed by atoms with E-state index >= 15 is 0 Å². The van der Waals surface area contributed by atoms with Crippen LogP contribution in [-0.2, 0) is 0 Å². The van der Waals surface area contributed by atoms with Crippen molar-refractivity contribution in [2.75, 3.05) is 0 Å². The Labute approximate surface area is 178 Å². The van der Waals surface area contributed by atoms with Crippen LogP contribution < -0.4 is 0 Å². The van der Waals surface area contributed by atoms with E-state index in [1.165, 1.54) is 0 Å². The summed E-state index contributed by atoms with van der Waals surface area (Å²) in [5.74, 6) is 0. The van der Waals surface area contributed by atoms with Gasteiger partial charge in [0.15, 0.2) is 0 Å². The van der Waals surface area contributed by atoms with Crippen molar-refractivity contribution in [3.8, 4) is 22.3 Å². The molecule has 0 fully saturated rings. The molecule has 0 spiro atoms. The summed E-state index contributed by atoms with van der Waals surface area (Å²) in [6.07, 6.45) is 0. The van der Waals surface area contributed by atoms with Crippen LogP contribution in [0.3, 0.4) is 0 Å². The van der Waals surface area contributed by atoms with Crippen LogP contribution in [-0.4, -0.2) is 0 Å². The largest absolute Gasteiger partial charge is 0.0630 e. The third kappa shape index (κ3) is 2.75. The predicted octanol–water partition coefficient (Wildman–Crippen LogP) is 8.09. The molecule has 0 saturated heterocycles. The van der Waals surface area contributed by atoms with Crippen molar-refractivity contribution < 1.29 is 11.0 Å². The van der Waals surface area contributed by atoms with Gasteiger partial charge in [0.1, 0.15) is 0 Å². The Morgan fingerprint density at radius 3 is 1.70 bits per heavy atom. The van der Waals surface area contributed by atoms with Gasteiger partial charge in [-0.2, -0.15) is 0 Å². The van der Waals surface area contributed by atoms with Gasteiger partial charge in [-0.25, -0.2) is 0 Å². The zero-order valence-corrected chi connectivity index (χ0v) is 15.7. The number of hydrogen-bond donors (Lipinski definition) is 0. The Bertz CT molecular complexity index is 1600. The maximum absolute atomic E-state index is 8.72. The molecule has 0 N–H and O–H groups in total. The minimum Gasteiger partial charge on any atom is -0.0622 e. The highest BCUT2D eigenvalue weighted by molar-refractivity contribution is 9.10. The van der Waals surface area contributed by atoms with E-state index in [1.54, 1.807) is 6.07 Å². The van der Waals surface area contributed by atoms with Crippen molar-refractivity contribution in [3.63, 3.8) is 0 Å². The third-order valence-corrected chi connectivity index (χ3v) is 5.37. The minimum absolute atomic E-state index is 0.175. The maximum Gasteiger partial charge on any atom is 0.0630 e. The van der Waals surface area contributed by atoms with Crippen molar-refractivity contribution in [3.05, 3.63) is 107 Å². The lowest BCUT2D eigenvalue weighted by molar-refractivity contribution is 1.61. The Morgan fingerprint density at radius 2 is 1.07 bits per heavy atom.